The van der Waals surface area contributed by atoms with Crippen LogP contribution in [0, 0.1) is 5.92 Å². The summed E-state index contributed by atoms with van der Waals surface area (Å²) in [5.74, 6) is 0.729. The zero-order chi connectivity index (χ0) is 11.6. The van der Waals surface area contributed by atoms with Crippen LogP contribution in [0.15, 0.2) is 0 Å². The van der Waals surface area contributed by atoms with Crippen molar-refractivity contribution in [3.63, 3.8) is 0 Å². The third-order valence-electron chi connectivity index (χ3n) is 3.13. The quantitative estimate of drug-likeness (QED) is 0.647. The summed E-state index contributed by atoms with van der Waals surface area (Å²) in [6.45, 7) is 9.18. The molecular weight excluding hydrogens is 202 g/mol. The molecule has 0 radical (unpaired) electrons. The molecule has 0 spiro atoms. The Labute approximate surface area is 99.9 Å². The second-order valence-electron chi connectivity index (χ2n) is 4.77. The average Bonchev–Trinajstić information content (AvgIpc) is 2.33. The lowest BCUT2D eigenvalue weighted by molar-refractivity contribution is 0.0189. The topological polar surface area (TPSA) is 30.5 Å². The van der Waals surface area contributed by atoms with Crippen molar-refractivity contribution in [3.8, 4) is 0 Å². The van der Waals surface area contributed by atoms with Gasteiger partial charge in [-0.05, 0) is 45.1 Å². The second-order valence-corrected chi connectivity index (χ2v) is 4.77. The van der Waals surface area contributed by atoms with E-state index in [4.69, 9.17) is 9.47 Å². The molecule has 0 saturated carbocycles. The summed E-state index contributed by atoms with van der Waals surface area (Å²) in [4.78, 5) is 0. The van der Waals surface area contributed by atoms with E-state index in [1.807, 2.05) is 0 Å². The molecule has 1 N–H and O–H groups in total. The monoisotopic (exact) mass is 229 g/mol. The lowest BCUT2D eigenvalue weighted by Crippen LogP contribution is -2.28. The molecule has 1 aliphatic rings. The van der Waals surface area contributed by atoms with Crippen molar-refractivity contribution in [2.75, 3.05) is 33.0 Å². The Kier molecular flexibility index (Phi) is 7.81. The van der Waals surface area contributed by atoms with E-state index in [0.717, 1.165) is 45.3 Å². The highest BCUT2D eigenvalue weighted by Crippen LogP contribution is 2.14. The smallest absolute Gasteiger partial charge is 0.0495 e. The highest BCUT2D eigenvalue weighted by atomic mass is 16.5. The van der Waals surface area contributed by atoms with Gasteiger partial charge in [-0.1, -0.05) is 6.92 Å². The first-order chi connectivity index (χ1) is 7.83. The van der Waals surface area contributed by atoms with Crippen molar-refractivity contribution in [1.29, 1.82) is 0 Å². The van der Waals surface area contributed by atoms with Crippen LogP contribution in [0.3, 0.4) is 0 Å². The first-order valence-electron chi connectivity index (χ1n) is 6.71. The summed E-state index contributed by atoms with van der Waals surface area (Å²) in [6.07, 6.45) is 4.66. The van der Waals surface area contributed by atoms with Crippen LogP contribution in [0.25, 0.3) is 0 Å². The zero-order valence-electron chi connectivity index (χ0n) is 10.8. The van der Waals surface area contributed by atoms with E-state index in [1.165, 1.54) is 19.3 Å². The number of hydrogen-bond acceptors (Lipinski definition) is 3. The molecule has 0 aliphatic carbocycles. The molecule has 0 aromatic heterocycles. The third kappa shape index (κ3) is 6.46. The summed E-state index contributed by atoms with van der Waals surface area (Å²) in [7, 11) is 0. The lowest BCUT2D eigenvalue weighted by atomic mass is 10.0. The van der Waals surface area contributed by atoms with Crippen LogP contribution in [0.4, 0.5) is 0 Å². The fourth-order valence-electron chi connectivity index (χ4n) is 1.92. The van der Waals surface area contributed by atoms with Crippen molar-refractivity contribution >= 4 is 0 Å². The number of hydrogen-bond donors (Lipinski definition) is 1. The summed E-state index contributed by atoms with van der Waals surface area (Å²) in [5.41, 5.74) is 0. The highest BCUT2D eigenvalue weighted by molar-refractivity contribution is 4.63. The predicted octanol–water partition coefficient (Wildman–Crippen LogP) is 2.21. The average molecular weight is 229 g/mol. The number of nitrogens with one attached hydrogen (secondary N) is 1. The van der Waals surface area contributed by atoms with Crippen molar-refractivity contribution < 1.29 is 9.47 Å². The summed E-state index contributed by atoms with van der Waals surface area (Å²) >= 11 is 0. The van der Waals surface area contributed by atoms with Gasteiger partial charge < -0.3 is 14.8 Å². The molecule has 1 aliphatic heterocycles. The standard InChI is InChI=1S/C13H27NO2/c1-3-7-14-12(2)4-8-16-11-13-5-9-15-10-6-13/h12-14H,3-11H2,1-2H3. The molecular formula is C13H27NO2. The summed E-state index contributed by atoms with van der Waals surface area (Å²) < 4.78 is 11.1. The molecule has 0 bridgehead atoms. The first kappa shape index (κ1) is 13.9. The minimum absolute atomic E-state index is 0.578. The van der Waals surface area contributed by atoms with Gasteiger partial charge in [0.1, 0.15) is 0 Å². The molecule has 3 nitrogen and oxygen atoms in total. The molecule has 96 valence electrons. The van der Waals surface area contributed by atoms with Gasteiger partial charge >= 0.3 is 0 Å². The predicted molar refractivity (Wildman–Crippen MR) is 66.7 cm³/mol. The molecule has 1 fully saturated rings. The van der Waals surface area contributed by atoms with Gasteiger partial charge in [0.05, 0.1) is 0 Å². The summed E-state index contributed by atoms with van der Waals surface area (Å²) in [6, 6.07) is 0.578. The van der Waals surface area contributed by atoms with E-state index >= 15 is 0 Å². The Bertz CT molecular complexity index is 158. The first-order valence-corrected chi connectivity index (χ1v) is 6.71. The van der Waals surface area contributed by atoms with Gasteiger partial charge in [0.2, 0.25) is 0 Å². The maximum Gasteiger partial charge on any atom is 0.0495 e. The Morgan fingerprint density at radius 2 is 2.12 bits per heavy atom. The minimum atomic E-state index is 0.578. The van der Waals surface area contributed by atoms with E-state index < -0.39 is 0 Å². The van der Waals surface area contributed by atoms with Gasteiger partial charge in [-0.15, -0.1) is 0 Å². The lowest BCUT2D eigenvalue weighted by Gasteiger charge is -2.22. The maximum atomic E-state index is 5.73. The SMILES string of the molecule is CCCNC(C)CCOCC1CCOCC1. The van der Waals surface area contributed by atoms with Gasteiger partial charge in [-0.3, -0.25) is 0 Å². The second kappa shape index (κ2) is 8.97. The van der Waals surface area contributed by atoms with E-state index in [2.05, 4.69) is 19.2 Å². The van der Waals surface area contributed by atoms with Crippen molar-refractivity contribution in [1.82, 2.24) is 5.32 Å². The number of rotatable bonds is 8. The van der Waals surface area contributed by atoms with E-state index in [-0.39, 0.29) is 0 Å². The Hall–Kier alpha value is -0.120. The normalized spacial score (nSPS) is 19.9. The van der Waals surface area contributed by atoms with Gasteiger partial charge in [-0.25, -0.2) is 0 Å². The molecule has 16 heavy (non-hydrogen) atoms. The molecule has 1 saturated heterocycles. The van der Waals surface area contributed by atoms with Crippen LogP contribution in [-0.4, -0.2) is 39.0 Å². The third-order valence-corrected chi connectivity index (χ3v) is 3.13. The molecule has 3 heteroatoms. The summed E-state index contributed by atoms with van der Waals surface area (Å²) in [5, 5.41) is 3.47. The van der Waals surface area contributed by atoms with Gasteiger partial charge in [0.15, 0.2) is 0 Å². The van der Waals surface area contributed by atoms with E-state index in [0.29, 0.717) is 6.04 Å². The fourth-order valence-corrected chi connectivity index (χ4v) is 1.92. The molecule has 1 unspecified atom stereocenters. The minimum Gasteiger partial charge on any atom is -0.381 e. The highest BCUT2D eigenvalue weighted by Gasteiger charge is 2.13. The fraction of sp³-hybridized carbons (Fsp3) is 1.00. The van der Waals surface area contributed by atoms with Crippen LogP contribution in [0.1, 0.15) is 39.5 Å². The van der Waals surface area contributed by atoms with E-state index in [1.54, 1.807) is 0 Å². The molecule has 0 amide bonds. The van der Waals surface area contributed by atoms with E-state index in [9.17, 15) is 0 Å². The van der Waals surface area contributed by atoms with Crippen LogP contribution in [-0.2, 0) is 9.47 Å². The molecule has 1 rings (SSSR count). The Morgan fingerprint density at radius 1 is 1.38 bits per heavy atom. The maximum absolute atomic E-state index is 5.73. The van der Waals surface area contributed by atoms with Crippen LogP contribution in [0.5, 0.6) is 0 Å². The largest absolute Gasteiger partial charge is 0.381 e. The molecule has 0 aromatic rings. The van der Waals surface area contributed by atoms with Crippen molar-refractivity contribution in [3.05, 3.63) is 0 Å². The zero-order valence-corrected chi connectivity index (χ0v) is 10.8. The van der Waals surface area contributed by atoms with Gasteiger partial charge in [0, 0.05) is 32.5 Å². The van der Waals surface area contributed by atoms with Crippen molar-refractivity contribution in [2.45, 2.75) is 45.6 Å². The molecule has 1 heterocycles. The molecule has 0 aromatic carbocycles. The Balaban J connectivity index is 1.90. The van der Waals surface area contributed by atoms with Crippen LogP contribution in [0.2, 0.25) is 0 Å². The van der Waals surface area contributed by atoms with Crippen LogP contribution < -0.4 is 5.32 Å². The number of ether oxygens (including phenoxy) is 2. The van der Waals surface area contributed by atoms with Crippen LogP contribution >= 0.6 is 0 Å². The Morgan fingerprint density at radius 3 is 2.81 bits per heavy atom. The van der Waals surface area contributed by atoms with Gasteiger partial charge in [0.25, 0.3) is 0 Å². The van der Waals surface area contributed by atoms with Crippen molar-refractivity contribution in [2.24, 2.45) is 5.92 Å². The molecule has 1 atom stereocenters. The van der Waals surface area contributed by atoms with Gasteiger partial charge in [-0.2, -0.15) is 0 Å².